The van der Waals surface area contributed by atoms with Crippen LogP contribution in [0.15, 0.2) is 30.6 Å². The van der Waals surface area contributed by atoms with Crippen molar-refractivity contribution in [3.8, 4) is 5.88 Å². The van der Waals surface area contributed by atoms with Crippen molar-refractivity contribution in [2.24, 2.45) is 0 Å². The van der Waals surface area contributed by atoms with Gasteiger partial charge in [-0.2, -0.15) is 14.6 Å². The quantitative estimate of drug-likeness (QED) is 0.706. The van der Waals surface area contributed by atoms with Crippen LogP contribution < -0.4 is 9.64 Å². The average Bonchev–Trinajstić information content (AvgIpc) is 3.10. The number of rotatable bonds is 4. The van der Waals surface area contributed by atoms with E-state index < -0.39 is 0 Å². The summed E-state index contributed by atoms with van der Waals surface area (Å²) < 4.78 is 7.02. The molecule has 0 bridgehead atoms. The number of aromatic nitrogens is 5. The SMILES string of the molecule is COc1cccc(CN2CCN(c3cc(C)nc4ncnn34)CC2)n1. The molecule has 0 amide bonds. The Labute approximate surface area is 146 Å². The summed E-state index contributed by atoms with van der Waals surface area (Å²) in [5.74, 6) is 2.37. The smallest absolute Gasteiger partial charge is 0.254 e. The molecule has 0 atom stereocenters. The average molecular weight is 339 g/mol. The van der Waals surface area contributed by atoms with Gasteiger partial charge < -0.3 is 9.64 Å². The number of anilines is 1. The van der Waals surface area contributed by atoms with Crippen molar-refractivity contribution in [3.05, 3.63) is 42.0 Å². The fraction of sp³-hybridized carbons (Fsp3) is 0.412. The van der Waals surface area contributed by atoms with Gasteiger partial charge in [0.05, 0.1) is 12.8 Å². The number of pyridine rings is 1. The zero-order valence-electron chi connectivity index (χ0n) is 14.5. The van der Waals surface area contributed by atoms with Crippen molar-refractivity contribution in [3.63, 3.8) is 0 Å². The minimum atomic E-state index is 0.651. The van der Waals surface area contributed by atoms with Crippen LogP contribution in [0.5, 0.6) is 5.88 Å². The fourth-order valence-corrected chi connectivity index (χ4v) is 3.16. The predicted molar refractivity (Wildman–Crippen MR) is 93.8 cm³/mol. The van der Waals surface area contributed by atoms with Crippen LogP contribution in [-0.4, -0.2) is 62.8 Å². The summed E-state index contributed by atoms with van der Waals surface area (Å²) in [7, 11) is 1.65. The normalized spacial score (nSPS) is 15.7. The molecule has 0 aromatic carbocycles. The predicted octanol–water partition coefficient (Wildman–Crippen LogP) is 1.16. The molecule has 1 aliphatic heterocycles. The summed E-state index contributed by atoms with van der Waals surface area (Å²) in [5.41, 5.74) is 1.99. The van der Waals surface area contributed by atoms with Crippen LogP contribution in [0.25, 0.3) is 5.78 Å². The first-order valence-electron chi connectivity index (χ1n) is 8.37. The number of hydrogen-bond acceptors (Lipinski definition) is 7. The number of ether oxygens (including phenoxy) is 1. The molecule has 0 spiro atoms. The molecule has 0 aliphatic carbocycles. The van der Waals surface area contributed by atoms with Crippen LogP contribution in [-0.2, 0) is 6.54 Å². The third-order valence-corrected chi connectivity index (χ3v) is 4.43. The van der Waals surface area contributed by atoms with E-state index >= 15 is 0 Å². The zero-order valence-corrected chi connectivity index (χ0v) is 14.5. The Morgan fingerprint density at radius 1 is 1.12 bits per heavy atom. The molecule has 1 saturated heterocycles. The Balaban J connectivity index is 1.45. The number of fused-ring (bicyclic) bond motifs is 1. The Morgan fingerprint density at radius 2 is 1.96 bits per heavy atom. The summed E-state index contributed by atoms with van der Waals surface area (Å²) in [6.45, 7) is 6.62. The van der Waals surface area contributed by atoms with Crippen molar-refractivity contribution in [2.75, 3.05) is 38.2 Å². The highest BCUT2D eigenvalue weighted by Gasteiger charge is 2.20. The Hall–Kier alpha value is -2.74. The van der Waals surface area contributed by atoms with E-state index in [0.29, 0.717) is 11.7 Å². The molecule has 4 heterocycles. The number of nitrogens with zero attached hydrogens (tertiary/aromatic N) is 7. The maximum Gasteiger partial charge on any atom is 0.254 e. The van der Waals surface area contributed by atoms with Crippen LogP contribution in [0.2, 0.25) is 0 Å². The van der Waals surface area contributed by atoms with Crippen LogP contribution in [0, 0.1) is 6.92 Å². The summed E-state index contributed by atoms with van der Waals surface area (Å²) in [5, 5.41) is 4.30. The maximum atomic E-state index is 5.20. The lowest BCUT2D eigenvalue weighted by atomic mass is 10.2. The Kier molecular flexibility index (Phi) is 4.19. The van der Waals surface area contributed by atoms with Gasteiger partial charge in [0.15, 0.2) is 0 Å². The lowest BCUT2D eigenvalue weighted by Crippen LogP contribution is -2.46. The molecule has 0 N–H and O–H groups in total. The van der Waals surface area contributed by atoms with Gasteiger partial charge >= 0.3 is 0 Å². The third kappa shape index (κ3) is 3.25. The minimum absolute atomic E-state index is 0.651. The second-order valence-corrected chi connectivity index (χ2v) is 6.16. The van der Waals surface area contributed by atoms with Crippen molar-refractivity contribution >= 4 is 11.6 Å². The molecule has 130 valence electrons. The van der Waals surface area contributed by atoms with Gasteiger partial charge in [-0.15, -0.1) is 0 Å². The van der Waals surface area contributed by atoms with E-state index in [-0.39, 0.29) is 0 Å². The van der Waals surface area contributed by atoms with Crippen molar-refractivity contribution in [2.45, 2.75) is 13.5 Å². The molecular formula is C17H21N7O. The molecule has 25 heavy (non-hydrogen) atoms. The van der Waals surface area contributed by atoms with Gasteiger partial charge in [0, 0.05) is 50.6 Å². The van der Waals surface area contributed by atoms with Gasteiger partial charge in [0.2, 0.25) is 5.88 Å². The molecule has 0 saturated carbocycles. The summed E-state index contributed by atoms with van der Waals surface area (Å²) in [4.78, 5) is 17.9. The molecule has 4 rings (SSSR count). The van der Waals surface area contributed by atoms with Gasteiger partial charge in [-0.3, -0.25) is 4.90 Å². The van der Waals surface area contributed by atoms with E-state index in [1.807, 2.05) is 29.6 Å². The summed E-state index contributed by atoms with van der Waals surface area (Å²) in [6.07, 6.45) is 1.55. The van der Waals surface area contributed by atoms with Crippen LogP contribution >= 0.6 is 0 Å². The number of aryl methyl sites for hydroxylation is 1. The van der Waals surface area contributed by atoms with Crippen LogP contribution in [0.3, 0.4) is 0 Å². The molecule has 8 heteroatoms. The van der Waals surface area contributed by atoms with Gasteiger partial charge in [-0.1, -0.05) is 6.07 Å². The lowest BCUT2D eigenvalue weighted by molar-refractivity contribution is 0.245. The number of hydrogen-bond donors (Lipinski definition) is 0. The lowest BCUT2D eigenvalue weighted by Gasteiger charge is -2.35. The van der Waals surface area contributed by atoms with E-state index in [4.69, 9.17) is 4.74 Å². The van der Waals surface area contributed by atoms with E-state index in [2.05, 4.69) is 35.9 Å². The first kappa shape index (κ1) is 15.8. The van der Waals surface area contributed by atoms with E-state index in [1.165, 1.54) is 0 Å². The van der Waals surface area contributed by atoms with Gasteiger partial charge in [-0.25, -0.2) is 9.97 Å². The monoisotopic (exact) mass is 339 g/mol. The van der Waals surface area contributed by atoms with Gasteiger partial charge in [0.25, 0.3) is 5.78 Å². The Morgan fingerprint density at radius 3 is 2.76 bits per heavy atom. The van der Waals surface area contributed by atoms with E-state index in [1.54, 1.807) is 13.4 Å². The van der Waals surface area contributed by atoms with Crippen LogP contribution in [0.1, 0.15) is 11.4 Å². The molecule has 1 aliphatic rings. The highest BCUT2D eigenvalue weighted by Crippen LogP contribution is 2.18. The summed E-state index contributed by atoms with van der Waals surface area (Å²) >= 11 is 0. The number of piperazine rings is 1. The molecule has 0 radical (unpaired) electrons. The third-order valence-electron chi connectivity index (χ3n) is 4.43. The molecule has 3 aromatic rings. The topological polar surface area (TPSA) is 71.7 Å². The molecule has 0 unspecified atom stereocenters. The van der Waals surface area contributed by atoms with Gasteiger partial charge in [0.1, 0.15) is 12.1 Å². The van der Waals surface area contributed by atoms with Crippen molar-refractivity contribution in [1.82, 2.24) is 29.5 Å². The van der Waals surface area contributed by atoms with E-state index in [9.17, 15) is 0 Å². The van der Waals surface area contributed by atoms with Gasteiger partial charge in [-0.05, 0) is 13.0 Å². The first-order chi connectivity index (χ1) is 12.2. The summed E-state index contributed by atoms with van der Waals surface area (Å²) in [6, 6.07) is 7.97. The maximum absolute atomic E-state index is 5.20. The number of methoxy groups -OCH3 is 1. The molecular weight excluding hydrogens is 318 g/mol. The van der Waals surface area contributed by atoms with Crippen LogP contribution in [0.4, 0.5) is 5.82 Å². The minimum Gasteiger partial charge on any atom is -0.481 e. The first-order valence-corrected chi connectivity index (χ1v) is 8.37. The largest absolute Gasteiger partial charge is 0.481 e. The second-order valence-electron chi connectivity index (χ2n) is 6.16. The molecule has 8 nitrogen and oxygen atoms in total. The van der Waals surface area contributed by atoms with Crippen molar-refractivity contribution in [1.29, 1.82) is 0 Å². The molecule has 3 aromatic heterocycles. The zero-order chi connectivity index (χ0) is 17.2. The van der Waals surface area contributed by atoms with Crippen molar-refractivity contribution < 1.29 is 4.74 Å². The standard InChI is InChI=1S/C17H21N7O/c1-13-10-16(24-17(20-13)18-12-19-24)23-8-6-22(7-9-23)11-14-4-3-5-15(21-14)25-2/h3-5,10,12H,6-9,11H2,1-2H3. The molecule has 1 fully saturated rings. The second kappa shape index (κ2) is 6.64. The fourth-order valence-electron chi connectivity index (χ4n) is 3.16. The highest BCUT2D eigenvalue weighted by atomic mass is 16.5. The van der Waals surface area contributed by atoms with E-state index in [0.717, 1.165) is 49.9 Å². The Bertz CT molecular complexity index is 870. The highest BCUT2D eigenvalue weighted by molar-refractivity contribution is 5.47.